The standard InChI is InChI=1S/C30H38N2O6S/c1-5-13-32(3)14-12-31-26(33)18-37-17-22-9-7-21(8-10-22)15-24-16-23(11-6-20(24)2)30-29(36)28(35)27(34)25(38-30)19-39-4/h1,6-11,16,25,27-30,34-36H,12-15,17-18H2,2-4H3,(H,31,33)/t25?,27-,28+,29-,30+/m1/s1. The van der Waals surface area contributed by atoms with Crippen molar-refractivity contribution in [2.24, 2.45) is 0 Å². The lowest BCUT2D eigenvalue weighted by Gasteiger charge is -2.39. The molecule has 8 nitrogen and oxygen atoms in total. The quantitative estimate of drug-likeness (QED) is 0.313. The van der Waals surface area contributed by atoms with Crippen molar-refractivity contribution in [1.29, 1.82) is 0 Å². The number of nitrogens with one attached hydrogen (secondary N) is 1. The van der Waals surface area contributed by atoms with Gasteiger partial charge in [0.2, 0.25) is 5.91 Å². The lowest BCUT2D eigenvalue weighted by Crippen LogP contribution is -2.53. The molecule has 0 saturated carbocycles. The number of hydrogen-bond acceptors (Lipinski definition) is 7. The van der Waals surface area contributed by atoms with E-state index in [0.717, 1.165) is 27.8 Å². The van der Waals surface area contributed by atoms with Crippen LogP contribution in [0.4, 0.5) is 0 Å². The smallest absolute Gasteiger partial charge is 0.246 e. The molecule has 2 aromatic carbocycles. The van der Waals surface area contributed by atoms with Gasteiger partial charge in [-0.05, 0) is 48.2 Å². The van der Waals surface area contributed by atoms with Crippen molar-refractivity contribution in [3.63, 3.8) is 0 Å². The molecule has 0 spiro atoms. The van der Waals surface area contributed by atoms with Crippen LogP contribution in [0.15, 0.2) is 42.5 Å². The van der Waals surface area contributed by atoms with E-state index in [0.29, 0.717) is 32.7 Å². The summed E-state index contributed by atoms with van der Waals surface area (Å²) in [7, 11) is 1.90. The maximum Gasteiger partial charge on any atom is 0.246 e. The number of carbonyl (C=O) groups is 1. The number of terminal acetylenes is 1. The minimum atomic E-state index is -1.33. The third-order valence-corrected chi connectivity index (χ3v) is 7.11. The summed E-state index contributed by atoms with van der Waals surface area (Å²) >= 11 is 1.27. The van der Waals surface area contributed by atoms with Crippen LogP contribution in [-0.4, -0.2) is 90.1 Å². The van der Waals surface area contributed by atoms with Crippen LogP contribution in [-0.2, 0) is 27.3 Å². The monoisotopic (exact) mass is 554 g/mol. The highest BCUT2D eigenvalue weighted by Gasteiger charge is 2.43. The number of aliphatic hydroxyl groups is 3. The molecule has 2 aromatic rings. The van der Waals surface area contributed by atoms with Crippen LogP contribution in [0.1, 0.15) is 33.9 Å². The van der Waals surface area contributed by atoms with Gasteiger partial charge in [-0.15, -0.1) is 17.6 Å². The Hall–Kier alpha value is -2.77. The zero-order chi connectivity index (χ0) is 28.4. The molecule has 1 fully saturated rings. The zero-order valence-electron chi connectivity index (χ0n) is 22.7. The molecule has 3 rings (SSSR count). The number of carbonyl (C=O) groups excluding carboxylic acids is 1. The molecule has 0 bridgehead atoms. The Morgan fingerprint density at radius 3 is 2.54 bits per heavy atom. The van der Waals surface area contributed by atoms with Gasteiger partial charge in [0.25, 0.3) is 0 Å². The first kappa shape index (κ1) is 30.8. The minimum Gasteiger partial charge on any atom is -0.387 e. The lowest BCUT2D eigenvalue weighted by atomic mass is 9.89. The third-order valence-electron chi connectivity index (χ3n) is 6.65. The SMILES string of the molecule is C#CCN(C)CCNC(=O)COCc1ccc(Cc2cc([C@@H]3OC(C#SC)[C@@H](O)[C@H](O)[C@H]3O)ccc2C)cc1. The molecule has 0 radical (unpaired) electrons. The number of ether oxygens (including phenoxy) is 2. The molecule has 1 aliphatic heterocycles. The molecule has 9 heteroatoms. The Kier molecular flexibility index (Phi) is 11.9. The molecule has 1 aliphatic rings. The summed E-state index contributed by atoms with van der Waals surface area (Å²) in [6.07, 6.45) is 2.30. The summed E-state index contributed by atoms with van der Waals surface area (Å²) in [4.78, 5) is 13.9. The van der Waals surface area contributed by atoms with Crippen molar-refractivity contribution in [2.45, 2.75) is 50.5 Å². The van der Waals surface area contributed by atoms with Gasteiger partial charge in [0.1, 0.15) is 37.1 Å². The predicted octanol–water partition coefficient (Wildman–Crippen LogP) is 1.63. The molecule has 0 aromatic heterocycles. The number of likely N-dealkylation sites (N-methyl/N-ethyl adjacent to an activating group) is 1. The Morgan fingerprint density at radius 1 is 1.13 bits per heavy atom. The van der Waals surface area contributed by atoms with Crippen molar-refractivity contribution in [3.8, 4) is 17.5 Å². The van der Waals surface area contributed by atoms with Crippen LogP contribution in [0.25, 0.3) is 0 Å². The number of aryl methyl sites for hydroxylation is 1. The second kappa shape index (κ2) is 15.1. The van der Waals surface area contributed by atoms with E-state index in [9.17, 15) is 20.1 Å². The summed E-state index contributed by atoms with van der Waals surface area (Å²) in [5.74, 6) is 2.39. The van der Waals surface area contributed by atoms with Gasteiger partial charge in [-0.2, -0.15) is 0 Å². The fraction of sp³-hybridized carbons (Fsp3) is 0.467. The van der Waals surface area contributed by atoms with Crippen molar-refractivity contribution >= 4 is 17.1 Å². The summed E-state index contributed by atoms with van der Waals surface area (Å²) in [5.41, 5.74) is 4.94. The molecule has 5 atom stereocenters. The Morgan fingerprint density at radius 2 is 1.85 bits per heavy atom. The van der Waals surface area contributed by atoms with Gasteiger partial charge in [-0.3, -0.25) is 9.69 Å². The van der Waals surface area contributed by atoms with E-state index in [1.165, 1.54) is 11.2 Å². The van der Waals surface area contributed by atoms with Crippen LogP contribution >= 0.6 is 11.2 Å². The lowest BCUT2D eigenvalue weighted by molar-refractivity contribution is -0.209. The molecule has 1 saturated heterocycles. The Balaban J connectivity index is 1.55. The molecule has 1 unspecified atom stereocenters. The fourth-order valence-corrected chi connectivity index (χ4v) is 4.76. The van der Waals surface area contributed by atoms with Crippen molar-refractivity contribution in [3.05, 3.63) is 70.3 Å². The van der Waals surface area contributed by atoms with Crippen LogP contribution < -0.4 is 5.32 Å². The van der Waals surface area contributed by atoms with Gasteiger partial charge in [-0.25, -0.2) is 0 Å². The van der Waals surface area contributed by atoms with Gasteiger partial charge >= 0.3 is 0 Å². The first-order chi connectivity index (χ1) is 18.7. The van der Waals surface area contributed by atoms with Gasteiger partial charge in [0, 0.05) is 19.3 Å². The molecule has 1 heterocycles. The normalized spacial score (nSPS) is 22.7. The molecule has 39 heavy (non-hydrogen) atoms. The predicted molar refractivity (Wildman–Crippen MR) is 152 cm³/mol. The highest BCUT2D eigenvalue weighted by molar-refractivity contribution is 7.87. The van der Waals surface area contributed by atoms with E-state index in [1.54, 1.807) is 6.26 Å². The van der Waals surface area contributed by atoms with Gasteiger partial charge in [0.05, 0.1) is 13.2 Å². The van der Waals surface area contributed by atoms with E-state index >= 15 is 0 Å². The molecular weight excluding hydrogens is 516 g/mol. The number of rotatable bonds is 11. The maximum absolute atomic E-state index is 12.0. The highest BCUT2D eigenvalue weighted by atomic mass is 32.1. The van der Waals surface area contributed by atoms with E-state index in [1.807, 2.05) is 61.3 Å². The average Bonchev–Trinajstić information content (AvgIpc) is 2.91. The third kappa shape index (κ3) is 8.87. The minimum absolute atomic E-state index is 0.0132. The summed E-state index contributed by atoms with van der Waals surface area (Å²) in [5, 5.41) is 36.9. The molecule has 0 aliphatic carbocycles. The summed E-state index contributed by atoms with van der Waals surface area (Å²) in [6.45, 7) is 4.07. The van der Waals surface area contributed by atoms with E-state index in [-0.39, 0.29) is 12.5 Å². The number of amides is 1. The van der Waals surface area contributed by atoms with Crippen molar-refractivity contribution in [2.75, 3.05) is 39.5 Å². The van der Waals surface area contributed by atoms with Crippen LogP contribution in [0.5, 0.6) is 0 Å². The fourth-order valence-electron chi connectivity index (χ4n) is 4.33. The van der Waals surface area contributed by atoms with E-state index < -0.39 is 30.5 Å². The molecule has 1 amide bonds. The van der Waals surface area contributed by atoms with E-state index in [2.05, 4.69) is 16.4 Å². The molecule has 4 N–H and O–H groups in total. The molecule has 210 valence electrons. The van der Waals surface area contributed by atoms with Gasteiger partial charge in [0.15, 0.2) is 0 Å². The Bertz CT molecular complexity index is 1200. The number of aliphatic hydroxyl groups excluding tert-OH is 3. The first-order valence-electron chi connectivity index (χ1n) is 12.8. The van der Waals surface area contributed by atoms with Gasteiger partial charge < -0.3 is 30.1 Å². The topological polar surface area (TPSA) is 111 Å². The zero-order valence-corrected chi connectivity index (χ0v) is 23.5. The highest BCUT2D eigenvalue weighted by Crippen LogP contribution is 2.33. The van der Waals surface area contributed by atoms with Crippen LogP contribution in [0.2, 0.25) is 0 Å². The number of nitrogens with zero attached hydrogens (tertiary/aromatic N) is 1. The molecular formula is C30H38N2O6S. The Labute approximate surface area is 234 Å². The van der Waals surface area contributed by atoms with Crippen LogP contribution in [0, 0.1) is 24.5 Å². The summed E-state index contributed by atoms with van der Waals surface area (Å²) in [6, 6.07) is 13.8. The van der Waals surface area contributed by atoms with Crippen LogP contribution in [0.3, 0.4) is 0 Å². The van der Waals surface area contributed by atoms with Crippen molar-refractivity contribution in [1.82, 2.24) is 10.2 Å². The average molecular weight is 555 g/mol. The van der Waals surface area contributed by atoms with Crippen molar-refractivity contribution < 1.29 is 29.6 Å². The summed E-state index contributed by atoms with van der Waals surface area (Å²) < 4.78 is 11.5. The first-order valence-corrected chi connectivity index (χ1v) is 14.1. The second-order valence-corrected chi connectivity index (χ2v) is 10.4. The maximum atomic E-state index is 12.0. The van der Waals surface area contributed by atoms with E-state index in [4.69, 9.17) is 15.9 Å². The number of benzene rings is 2. The number of hydrogen-bond donors (Lipinski definition) is 4. The second-order valence-electron chi connectivity index (χ2n) is 9.73. The largest absolute Gasteiger partial charge is 0.387 e. The van der Waals surface area contributed by atoms with Gasteiger partial charge in [-0.1, -0.05) is 53.6 Å².